The lowest BCUT2D eigenvalue weighted by Crippen LogP contribution is -2.48. The number of nitriles is 1. The fourth-order valence-electron chi connectivity index (χ4n) is 4.78. The number of hydrogen-bond acceptors (Lipinski definition) is 8. The third-order valence-corrected chi connectivity index (χ3v) is 8.14. The standard InChI is InChI=1S/C27H28FN5O4S2/c1-3-9-32-24(31-13-11-30(12-14-31)19-6-4-18(28)5-7-19)20(17(2)21(16-29)25(32)36)15-22-26(37)33(27(38)39-22)10-8-23(34)35/h4-7,15H,3,8-14H2,1-2H3,(H,34,35)/b22-15-. The van der Waals surface area contributed by atoms with Gasteiger partial charge >= 0.3 is 5.97 Å². The molecule has 4 rings (SSSR count). The Morgan fingerprint density at radius 2 is 1.79 bits per heavy atom. The van der Waals surface area contributed by atoms with Crippen LogP contribution in [0.25, 0.3) is 6.08 Å². The molecule has 3 heterocycles. The highest BCUT2D eigenvalue weighted by atomic mass is 32.2. The van der Waals surface area contributed by atoms with E-state index in [9.17, 15) is 24.0 Å². The highest BCUT2D eigenvalue weighted by molar-refractivity contribution is 8.26. The smallest absolute Gasteiger partial charge is 0.305 e. The molecule has 0 aliphatic carbocycles. The van der Waals surface area contributed by atoms with Gasteiger partial charge in [-0.15, -0.1) is 0 Å². The number of benzene rings is 1. The molecule has 0 unspecified atom stereocenters. The second-order valence-electron chi connectivity index (χ2n) is 9.23. The predicted molar refractivity (Wildman–Crippen MR) is 153 cm³/mol. The van der Waals surface area contributed by atoms with Crippen molar-refractivity contribution in [3.8, 4) is 6.07 Å². The topological polar surface area (TPSA) is 110 Å². The molecule has 2 aromatic rings. The maximum Gasteiger partial charge on any atom is 0.305 e. The van der Waals surface area contributed by atoms with Crippen molar-refractivity contribution in [2.24, 2.45) is 0 Å². The van der Waals surface area contributed by atoms with Gasteiger partial charge in [-0.3, -0.25) is 23.9 Å². The van der Waals surface area contributed by atoms with Gasteiger partial charge in [-0.05, 0) is 49.2 Å². The minimum Gasteiger partial charge on any atom is -0.481 e. The number of aliphatic carboxylic acids is 1. The highest BCUT2D eigenvalue weighted by Gasteiger charge is 2.34. The fourth-order valence-corrected chi connectivity index (χ4v) is 6.07. The molecule has 1 N–H and O–H groups in total. The van der Waals surface area contributed by atoms with Crippen molar-refractivity contribution in [1.29, 1.82) is 5.26 Å². The summed E-state index contributed by atoms with van der Waals surface area (Å²) in [5.74, 6) is -1.10. The first-order valence-corrected chi connectivity index (χ1v) is 13.8. The molecule has 1 amide bonds. The normalized spacial score (nSPS) is 16.8. The Hall–Kier alpha value is -3.69. The zero-order chi connectivity index (χ0) is 28.3. The number of carbonyl (C=O) groups excluding carboxylic acids is 1. The van der Waals surface area contributed by atoms with E-state index in [4.69, 9.17) is 17.3 Å². The molecule has 2 fully saturated rings. The third kappa shape index (κ3) is 5.84. The first kappa shape index (κ1) is 28.3. The quantitative estimate of drug-likeness (QED) is 0.377. The lowest BCUT2D eigenvalue weighted by molar-refractivity contribution is -0.137. The molecular formula is C27H28FN5O4S2. The average Bonchev–Trinajstić information content (AvgIpc) is 3.18. The van der Waals surface area contributed by atoms with Gasteiger partial charge in [0.1, 0.15) is 27.6 Å². The number of pyridine rings is 1. The number of carboxylic acid groups (broad SMARTS) is 1. The molecule has 2 aliphatic rings. The Balaban J connectivity index is 1.75. The van der Waals surface area contributed by atoms with Gasteiger partial charge < -0.3 is 14.9 Å². The number of carboxylic acids is 1. The van der Waals surface area contributed by atoms with Crippen LogP contribution in [0.3, 0.4) is 0 Å². The van der Waals surface area contributed by atoms with Crippen LogP contribution in [0, 0.1) is 24.1 Å². The summed E-state index contributed by atoms with van der Waals surface area (Å²) in [4.78, 5) is 43.4. The van der Waals surface area contributed by atoms with Crippen molar-refractivity contribution in [3.63, 3.8) is 0 Å². The van der Waals surface area contributed by atoms with Crippen LogP contribution in [0.4, 0.5) is 15.9 Å². The molecule has 0 atom stereocenters. The van der Waals surface area contributed by atoms with E-state index in [2.05, 4.69) is 9.80 Å². The largest absolute Gasteiger partial charge is 0.481 e. The van der Waals surface area contributed by atoms with Crippen LogP contribution in [0.1, 0.15) is 36.5 Å². The van der Waals surface area contributed by atoms with Gasteiger partial charge in [-0.25, -0.2) is 4.39 Å². The summed E-state index contributed by atoms with van der Waals surface area (Å²) in [6.07, 6.45) is 2.10. The van der Waals surface area contributed by atoms with Gasteiger partial charge in [0.25, 0.3) is 11.5 Å². The monoisotopic (exact) mass is 569 g/mol. The molecule has 1 aromatic carbocycles. The summed E-state index contributed by atoms with van der Waals surface area (Å²) in [7, 11) is 0. The van der Waals surface area contributed by atoms with E-state index in [0.29, 0.717) is 61.0 Å². The van der Waals surface area contributed by atoms with Crippen LogP contribution < -0.4 is 15.4 Å². The second-order valence-corrected chi connectivity index (χ2v) is 10.9. The number of aromatic nitrogens is 1. The average molecular weight is 570 g/mol. The van der Waals surface area contributed by atoms with Crippen LogP contribution in [-0.4, -0.2) is 63.5 Å². The summed E-state index contributed by atoms with van der Waals surface area (Å²) < 4.78 is 15.3. The van der Waals surface area contributed by atoms with Gasteiger partial charge in [-0.2, -0.15) is 5.26 Å². The number of thioether (sulfide) groups is 1. The van der Waals surface area contributed by atoms with Crippen LogP contribution >= 0.6 is 24.0 Å². The number of thiocarbonyl (C=S) groups is 1. The van der Waals surface area contributed by atoms with Crippen molar-refractivity contribution in [2.75, 3.05) is 42.5 Å². The Morgan fingerprint density at radius 3 is 2.38 bits per heavy atom. The Labute approximate surface area is 235 Å². The molecule has 0 saturated carbocycles. The minimum atomic E-state index is -1.03. The fraction of sp³-hybridized carbons (Fsp3) is 0.370. The molecule has 0 bridgehead atoms. The minimum absolute atomic E-state index is 0.0183. The van der Waals surface area contributed by atoms with Crippen LogP contribution in [-0.2, 0) is 16.1 Å². The first-order chi connectivity index (χ1) is 18.7. The summed E-state index contributed by atoms with van der Waals surface area (Å²) in [5, 5.41) is 18.9. The van der Waals surface area contributed by atoms with E-state index in [0.717, 1.165) is 17.4 Å². The maximum atomic E-state index is 13.4. The molecule has 2 aliphatic heterocycles. The SMILES string of the molecule is CCCn1c(N2CCN(c3ccc(F)cc3)CC2)c(/C=C2\SC(=S)N(CCC(=O)O)C2=O)c(C)c(C#N)c1=O. The Morgan fingerprint density at radius 1 is 1.15 bits per heavy atom. The van der Waals surface area contributed by atoms with Gasteiger partial charge in [-0.1, -0.05) is 30.9 Å². The summed E-state index contributed by atoms with van der Waals surface area (Å²) >= 11 is 6.42. The Bertz CT molecular complexity index is 1440. The maximum absolute atomic E-state index is 13.4. The number of carbonyl (C=O) groups is 2. The van der Waals surface area contributed by atoms with E-state index in [1.54, 1.807) is 29.7 Å². The van der Waals surface area contributed by atoms with Crippen molar-refractivity contribution in [2.45, 2.75) is 33.2 Å². The number of piperazine rings is 1. The lowest BCUT2D eigenvalue weighted by atomic mass is 10.0. The van der Waals surface area contributed by atoms with E-state index in [1.165, 1.54) is 17.0 Å². The van der Waals surface area contributed by atoms with E-state index < -0.39 is 11.9 Å². The molecule has 1 aromatic heterocycles. The molecule has 0 radical (unpaired) electrons. The molecule has 12 heteroatoms. The Kier molecular flexibility index (Phi) is 8.72. The van der Waals surface area contributed by atoms with Crippen LogP contribution in [0.5, 0.6) is 0 Å². The number of rotatable bonds is 8. The van der Waals surface area contributed by atoms with Crippen molar-refractivity contribution in [1.82, 2.24) is 9.47 Å². The molecular weight excluding hydrogens is 541 g/mol. The van der Waals surface area contributed by atoms with E-state index in [1.807, 2.05) is 13.0 Å². The highest BCUT2D eigenvalue weighted by Crippen LogP contribution is 2.36. The van der Waals surface area contributed by atoms with Gasteiger partial charge in [0.15, 0.2) is 0 Å². The van der Waals surface area contributed by atoms with Crippen molar-refractivity contribution >= 4 is 57.8 Å². The van der Waals surface area contributed by atoms with Crippen LogP contribution in [0.2, 0.25) is 0 Å². The van der Waals surface area contributed by atoms with Crippen molar-refractivity contribution in [3.05, 3.63) is 62.0 Å². The molecule has 204 valence electrons. The van der Waals surface area contributed by atoms with Gasteiger partial charge in [0.05, 0.1) is 11.3 Å². The van der Waals surface area contributed by atoms with Crippen LogP contribution in [0.15, 0.2) is 34.0 Å². The van der Waals surface area contributed by atoms with Gasteiger partial charge in [0.2, 0.25) is 0 Å². The number of nitrogens with zero attached hydrogens (tertiary/aromatic N) is 5. The molecule has 9 nitrogen and oxygen atoms in total. The zero-order valence-corrected chi connectivity index (χ0v) is 23.3. The summed E-state index contributed by atoms with van der Waals surface area (Å²) in [6.45, 7) is 6.38. The predicted octanol–water partition coefficient (Wildman–Crippen LogP) is 3.58. The number of halogens is 1. The third-order valence-electron chi connectivity index (χ3n) is 6.76. The second kappa shape index (κ2) is 12.0. The van der Waals surface area contributed by atoms with E-state index in [-0.39, 0.29) is 34.2 Å². The number of hydrogen-bond donors (Lipinski definition) is 1. The summed E-state index contributed by atoms with van der Waals surface area (Å²) in [6, 6.07) is 8.37. The lowest BCUT2D eigenvalue weighted by Gasteiger charge is -2.39. The number of amides is 1. The molecule has 39 heavy (non-hydrogen) atoms. The number of anilines is 2. The van der Waals surface area contributed by atoms with Gasteiger partial charge in [0, 0.05) is 50.5 Å². The summed E-state index contributed by atoms with van der Waals surface area (Å²) in [5.41, 5.74) is 1.61. The first-order valence-electron chi connectivity index (χ1n) is 12.6. The van der Waals surface area contributed by atoms with Crippen molar-refractivity contribution < 1.29 is 19.1 Å². The molecule has 0 spiro atoms. The van der Waals surface area contributed by atoms with E-state index >= 15 is 0 Å². The zero-order valence-electron chi connectivity index (χ0n) is 21.6. The molecule has 2 saturated heterocycles.